The molecule has 0 fully saturated rings. The molecule has 1 aromatic heterocycles. The zero-order valence-electron chi connectivity index (χ0n) is 9.17. The second-order valence-corrected chi connectivity index (χ2v) is 3.07. The van der Waals surface area contributed by atoms with Crippen molar-refractivity contribution in [3.05, 3.63) is 5.82 Å². The third-order valence-electron chi connectivity index (χ3n) is 1.94. The normalized spacial score (nSPS) is 10.7. The Bertz CT molecular complexity index is 325. The van der Waals surface area contributed by atoms with Gasteiger partial charge in [0.05, 0.1) is 27.2 Å². The van der Waals surface area contributed by atoms with Crippen LogP contribution in [0.4, 0.5) is 0 Å². The summed E-state index contributed by atoms with van der Waals surface area (Å²) in [5, 5.41) is 11.6. The Balaban J connectivity index is 2.50. The number of likely N-dealkylation sites (N-methyl/N-ethyl adjacent to an activating group) is 1. The minimum atomic E-state index is -0.263. The molecule has 0 amide bonds. The number of carbonyl (C=O) groups is 1. The van der Waals surface area contributed by atoms with Crippen LogP contribution in [0.15, 0.2) is 0 Å². The van der Waals surface area contributed by atoms with Gasteiger partial charge in [-0.1, -0.05) is 6.92 Å². The van der Waals surface area contributed by atoms with Crippen LogP contribution in [0.1, 0.15) is 12.7 Å². The fourth-order valence-electron chi connectivity index (χ4n) is 1.11. The summed E-state index contributed by atoms with van der Waals surface area (Å²) in [5.41, 5.74) is 0. The van der Waals surface area contributed by atoms with Gasteiger partial charge in [-0.15, -0.1) is 10.2 Å². The molecule has 0 aliphatic heterocycles. The summed E-state index contributed by atoms with van der Waals surface area (Å²) in [5.74, 6) is 0.337. The Labute approximate surface area is 88.0 Å². The number of hydrogen-bond donors (Lipinski definition) is 0. The zero-order chi connectivity index (χ0) is 11.3. The number of aryl methyl sites for hydroxylation is 1. The Morgan fingerprint density at radius 1 is 1.60 bits per heavy atom. The molecule has 0 aliphatic rings. The second-order valence-electron chi connectivity index (χ2n) is 3.07. The first-order chi connectivity index (χ1) is 7.15. The van der Waals surface area contributed by atoms with Gasteiger partial charge in [0, 0.05) is 0 Å². The Morgan fingerprint density at radius 3 is 2.80 bits per heavy atom. The van der Waals surface area contributed by atoms with Gasteiger partial charge in [-0.2, -0.15) is 4.80 Å². The summed E-state index contributed by atoms with van der Waals surface area (Å²) in [4.78, 5) is 14.3. The van der Waals surface area contributed by atoms with Gasteiger partial charge in [-0.3, -0.25) is 9.69 Å². The van der Waals surface area contributed by atoms with Crippen molar-refractivity contribution >= 4 is 5.97 Å². The van der Waals surface area contributed by atoms with Crippen LogP contribution in [-0.2, 0) is 23.1 Å². The smallest absolute Gasteiger partial charge is 0.319 e. The Morgan fingerprint density at radius 2 is 2.33 bits per heavy atom. The van der Waals surface area contributed by atoms with Crippen LogP contribution in [0.25, 0.3) is 0 Å². The maximum absolute atomic E-state index is 11.1. The molecule has 0 saturated heterocycles. The van der Waals surface area contributed by atoms with E-state index in [1.807, 2.05) is 11.8 Å². The number of tetrazole rings is 1. The molecule has 0 saturated carbocycles. The van der Waals surface area contributed by atoms with Crippen LogP contribution in [-0.4, -0.2) is 51.3 Å². The highest BCUT2D eigenvalue weighted by atomic mass is 16.5. The molecule has 1 rings (SSSR count). The van der Waals surface area contributed by atoms with Gasteiger partial charge < -0.3 is 4.74 Å². The van der Waals surface area contributed by atoms with Gasteiger partial charge in [-0.25, -0.2) is 0 Å². The van der Waals surface area contributed by atoms with Crippen LogP contribution in [0.5, 0.6) is 0 Å². The number of ether oxygens (including phenoxy) is 1. The fraction of sp³-hybridized carbons (Fsp3) is 0.750. The van der Waals surface area contributed by atoms with E-state index in [0.29, 0.717) is 12.4 Å². The molecule has 0 atom stereocenters. The molecule has 1 aromatic rings. The number of methoxy groups -OCH3 is 1. The van der Waals surface area contributed by atoms with E-state index < -0.39 is 0 Å². The van der Waals surface area contributed by atoms with E-state index in [9.17, 15) is 4.79 Å². The molecule has 0 unspecified atom stereocenters. The minimum absolute atomic E-state index is 0.241. The minimum Gasteiger partial charge on any atom is -0.468 e. The highest BCUT2D eigenvalue weighted by Gasteiger charge is 2.12. The first-order valence-electron chi connectivity index (χ1n) is 4.67. The molecule has 15 heavy (non-hydrogen) atoms. The fourth-order valence-corrected chi connectivity index (χ4v) is 1.11. The van der Waals surface area contributed by atoms with E-state index in [4.69, 9.17) is 0 Å². The topological polar surface area (TPSA) is 73.1 Å². The van der Waals surface area contributed by atoms with Crippen molar-refractivity contribution in [2.75, 3.05) is 20.2 Å². The molecule has 7 heteroatoms. The summed E-state index contributed by atoms with van der Waals surface area (Å²) in [6.45, 7) is 3.43. The lowest BCUT2D eigenvalue weighted by Crippen LogP contribution is -2.30. The van der Waals surface area contributed by atoms with E-state index in [1.165, 1.54) is 11.9 Å². The molecule has 1 heterocycles. The second kappa shape index (κ2) is 5.40. The van der Waals surface area contributed by atoms with E-state index in [1.54, 1.807) is 7.05 Å². The van der Waals surface area contributed by atoms with Crippen LogP contribution in [0, 0.1) is 0 Å². The maximum atomic E-state index is 11.1. The van der Waals surface area contributed by atoms with Crippen LogP contribution in [0.2, 0.25) is 0 Å². The van der Waals surface area contributed by atoms with E-state index in [-0.39, 0.29) is 12.5 Å². The predicted octanol–water partition coefficient (Wildman–Crippen LogP) is -0.795. The van der Waals surface area contributed by atoms with Gasteiger partial charge >= 0.3 is 5.97 Å². The van der Waals surface area contributed by atoms with Gasteiger partial charge in [0.2, 0.25) is 0 Å². The lowest BCUT2D eigenvalue weighted by molar-refractivity contribution is -0.142. The quantitative estimate of drug-likeness (QED) is 0.596. The van der Waals surface area contributed by atoms with Crippen LogP contribution in [0.3, 0.4) is 0 Å². The lowest BCUT2D eigenvalue weighted by Gasteiger charge is -2.16. The monoisotopic (exact) mass is 213 g/mol. The summed E-state index contributed by atoms with van der Waals surface area (Å²) in [7, 11) is 3.07. The first-order valence-corrected chi connectivity index (χ1v) is 4.67. The van der Waals surface area contributed by atoms with Crippen LogP contribution < -0.4 is 0 Å². The van der Waals surface area contributed by atoms with Crippen molar-refractivity contribution in [1.82, 2.24) is 25.1 Å². The summed E-state index contributed by atoms with van der Waals surface area (Å²) < 4.78 is 4.58. The average Bonchev–Trinajstić information content (AvgIpc) is 2.62. The Kier molecular flexibility index (Phi) is 4.17. The lowest BCUT2D eigenvalue weighted by atomic mass is 10.4. The molecule has 0 aliphatic carbocycles. The molecular weight excluding hydrogens is 198 g/mol. The third kappa shape index (κ3) is 3.62. The summed E-state index contributed by atoms with van der Waals surface area (Å²) >= 11 is 0. The van der Waals surface area contributed by atoms with Crippen molar-refractivity contribution in [2.24, 2.45) is 7.05 Å². The van der Waals surface area contributed by atoms with E-state index in [2.05, 4.69) is 20.1 Å². The number of aromatic nitrogens is 4. The molecule has 7 nitrogen and oxygen atoms in total. The summed E-state index contributed by atoms with van der Waals surface area (Å²) in [6.07, 6.45) is 0. The van der Waals surface area contributed by atoms with Crippen molar-refractivity contribution in [1.29, 1.82) is 0 Å². The van der Waals surface area contributed by atoms with Gasteiger partial charge in [0.15, 0.2) is 5.82 Å². The van der Waals surface area contributed by atoms with Crippen molar-refractivity contribution < 1.29 is 9.53 Å². The number of rotatable bonds is 5. The zero-order valence-corrected chi connectivity index (χ0v) is 9.17. The standard InChI is InChI=1S/C8H15N5O2/c1-4-13(6-8(14)15-3)5-7-9-11-12(2)10-7/h4-6H2,1-3H3. The Hall–Kier alpha value is -1.50. The highest BCUT2D eigenvalue weighted by molar-refractivity contribution is 5.71. The number of carbonyl (C=O) groups excluding carboxylic acids is 1. The molecule has 0 aromatic carbocycles. The molecule has 0 spiro atoms. The van der Waals surface area contributed by atoms with Gasteiger partial charge in [-0.05, 0) is 11.8 Å². The van der Waals surface area contributed by atoms with Crippen molar-refractivity contribution in [3.63, 3.8) is 0 Å². The largest absolute Gasteiger partial charge is 0.468 e. The molecule has 0 radical (unpaired) electrons. The number of hydrogen-bond acceptors (Lipinski definition) is 6. The van der Waals surface area contributed by atoms with Crippen molar-refractivity contribution in [3.8, 4) is 0 Å². The number of nitrogens with zero attached hydrogens (tertiary/aromatic N) is 5. The van der Waals surface area contributed by atoms with E-state index in [0.717, 1.165) is 6.54 Å². The predicted molar refractivity (Wildman–Crippen MR) is 51.8 cm³/mol. The number of esters is 1. The molecular formula is C8H15N5O2. The first kappa shape index (κ1) is 11.6. The van der Waals surface area contributed by atoms with Crippen molar-refractivity contribution in [2.45, 2.75) is 13.5 Å². The third-order valence-corrected chi connectivity index (χ3v) is 1.94. The molecule has 84 valence electrons. The SMILES string of the molecule is CCN(CC(=O)OC)Cc1nnn(C)n1. The molecule has 0 N–H and O–H groups in total. The highest BCUT2D eigenvalue weighted by Crippen LogP contribution is 1.96. The van der Waals surface area contributed by atoms with Gasteiger partial charge in [0.1, 0.15) is 0 Å². The average molecular weight is 213 g/mol. The molecule has 0 bridgehead atoms. The van der Waals surface area contributed by atoms with Gasteiger partial charge in [0.25, 0.3) is 0 Å². The summed E-state index contributed by atoms with van der Waals surface area (Å²) in [6, 6.07) is 0. The maximum Gasteiger partial charge on any atom is 0.319 e. The van der Waals surface area contributed by atoms with Crippen LogP contribution >= 0.6 is 0 Å². The van der Waals surface area contributed by atoms with E-state index >= 15 is 0 Å².